The van der Waals surface area contributed by atoms with Gasteiger partial charge in [-0.05, 0) is 18.2 Å². The van der Waals surface area contributed by atoms with Gasteiger partial charge in [0, 0.05) is 0 Å². The molecule has 5 nitrogen and oxygen atoms in total. The normalized spacial score (nSPS) is 9.79. The molecule has 0 atom stereocenters. The number of hydroxylamine groups is 1. The molecule has 5 heteroatoms. The molecule has 14 heavy (non-hydrogen) atoms. The predicted molar refractivity (Wildman–Crippen MR) is 48.7 cm³/mol. The van der Waals surface area contributed by atoms with E-state index in [-0.39, 0.29) is 18.7 Å². The monoisotopic (exact) mass is 197 g/mol. The van der Waals surface area contributed by atoms with Gasteiger partial charge in [0.2, 0.25) is 0 Å². The first-order valence-electron chi connectivity index (χ1n) is 4.07. The van der Waals surface area contributed by atoms with Gasteiger partial charge in [-0.1, -0.05) is 6.07 Å². The molecular weight excluding hydrogens is 186 g/mol. The zero-order chi connectivity index (χ0) is 10.4. The minimum atomic E-state index is -0.990. The van der Waals surface area contributed by atoms with E-state index in [4.69, 9.17) is 15.1 Å². The summed E-state index contributed by atoms with van der Waals surface area (Å²) in [6, 6.07) is 6.17. The van der Waals surface area contributed by atoms with Crippen molar-refractivity contribution in [2.75, 3.05) is 13.2 Å². The van der Waals surface area contributed by atoms with Crippen molar-refractivity contribution in [3.05, 3.63) is 29.8 Å². The first-order chi connectivity index (χ1) is 6.74. The van der Waals surface area contributed by atoms with Crippen LogP contribution in [0.4, 0.5) is 0 Å². The molecule has 0 bridgehead atoms. The molecule has 1 aromatic rings. The Morgan fingerprint density at radius 3 is 2.93 bits per heavy atom. The number of rotatable bonds is 5. The number of carboxylic acids is 1. The Labute approximate surface area is 80.9 Å². The van der Waals surface area contributed by atoms with Crippen LogP contribution in [0.2, 0.25) is 0 Å². The molecule has 0 aliphatic carbocycles. The SMILES string of the molecule is O=C(O)c1cccc(OCCNO)c1. The van der Waals surface area contributed by atoms with Crippen LogP contribution in [-0.2, 0) is 0 Å². The molecule has 0 saturated carbocycles. The van der Waals surface area contributed by atoms with E-state index in [1.165, 1.54) is 12.1 Å². The molecule has 0 fully saturated rings. The second kappa shape index (κ2) is 5.21. The van der Waals surface area contributed by atoms with Crippen LogP contribution in [0, 0.1) is 0 Å². The Kier molecular flexibility index (Phi) is 3.90. The number of hydrogen-bond acceptors (Lipinski definition) is 4. The molecule has 0 spiro atoms. The minimum Gasteiger partial charge on any atom is -0.492 e. The maximum Gasteiger partial charge on any atom is 0.335 e. The lowest BCUT2D eigenvalue weighted by Crippen LogP contribution is -2.16. The summed E-state index contributed by atoms with van der Waals surface area (Å²) < 4.78 is 5.15. The van der Waals surface area contributed by atoms with Crippen LogP contribution in [0.25, 0.3) is 0 Å². The van der Waals surface area contributed by atoms with Crippen molar-refractivity contribution in [3.8, 4) is 5.75 Å². The van der Waals surface area contributed by atoms with Crippen LogP contribution in [0.3, 0.4) is 0 Å². The molecule has 0 saturated heterocycles. The zero-order valence-corrected chi connectivity index (χ0v) is 7.43. The van der Waals surface area contributed by atoms with Gasteiger partial charge in [0.25, 0.3) is 0 Å². The van der Waals surface area contributed by atoms with Crippen LogP contribution in [-0.4, -0.2) is 29.4 Å². The van der Waals surface area contributed by atoms with Crippen LogP contribution < -0.4 is 10.2 Å². The van der Waals surface area contributed by atoms with E-state index in [0.717, 1.165) is 0 Å². The summed E-state index contributed by atoms with van der Waals surface area (Å²) in [5.74, 6) is -0.518. The highest BCUT2D eigenvalue weighted by Gasteiger charge is 2.02. The molecule has 0 heterocycles. The molecule has 0 aromatic heterocycles. The highest BCUT2D eigenvalue weighted by Crippen LogP contribution is 2.12. The van der Waals surface area contributed by atoms with Crippen LogP contribution in [0.15, 0.2) is 24.3 Å². The summed E-state index contributed by atoms with van der Waals surface area (Å²) in [5.41, 5.74) is 2.11. The van der Waals surface area contributed by atoms with Crippen LogP contribution >= 0.6 is 0 Å². The smallest absolute Gasteiger partial charge is 0.335 e. The summed E-state index contributed by atoms with van der Waals surface area (Å²) in [7, 11) is 0. The number of nitrogens with one attached hydrogen (secondary N) is 1. The molecule has 1 rings (SSSR count). The highest BCUT2D eigenvalue weighted by molar-refractivity contribution is 5.87. The molecular formula is C9H11NO4. The predicted octanol–water partition coefficient (Wildman–Crippen LogP) is 0.742. The summed E-state index contributed by atoms with van der Waals surface area (Å²) in [6.45, 7) is 0.566. The molecule has 3 N–H and O–H groups in total. The van der Waals surface area contributed by atoms with E-state index in [2.05, 4.69) is 0 Å². The molecule has 0 amide bonds. The van der Waals surface area contributed by atoms with Gasteiger partial charge in [-0.15, -0.1) is 0 Å². The summed E-state index contributed by atoms with van der Waals surface area (Å²) in [5, 5.41) is 16.9. The van der Waals surface area contributed by atoms with E-state index in [0.29, 0.717) is 5.75 Å². The summed E-state index contributed by atoms with van der Waals surface area (Å²) >= 11 is 0. The average Bonchev–Trinajstić information content (AvgIpc) is 2.19. The third-order valence-corrected chi connectivity index (χ3v) is 1.56. The molecule has 0 radical (unpaired) electrons. The van der Waals surface area contributed by atoms with Gasteiger partial charge in [0.1, 0.15) is 12.4 Å². The van der Waals surface area contributed by atoms with Gasteiger partial charge in [-0.2, -0.15) is 0 Å². The topological polar surface area (TPSA) is 78.8 Å². The Morgan fingerprint density at radius 2 is 2.29 bits per heavy atom. The lowest BCUT2D eigenvalue weighted by atomic mass is 10.2. The van der Waals surface area contributed by atoms with Gasteiger partial charge in [-0.3, -0.25) is 0 Å². The number of ether oxygens (including phenoxy) is 1. The fourth-order valence-electron chi connectivity index (χ4n) is 0.933. The van der Waals surface area contributed by atoms with Gasteiger partial charge in [-0.25, -0.2) is 10.3 Å². The average molecular weight is 197 g/mol. The van der Waals surface area contributed by atoms with Crippen molar-refractivity contribution >= 4 is 5.97 Å². The van der Waals surface area contributed by atoms with Crippen molar-refractivity contribution < 1.29 is 19.8 Å². The number of carbonyl (C=O) groups is 1. The maximum absolute atomic E-state index is 10.6. The Balaban J connectivity index is 2.59. The second-order valence-electron chi connectivity index (χ2n) is 2.59. The fraction of sp³-hybridized carbons (Fsp3) is 0.222. The van der Waals surface area contributed by atoms with E-state index < -0.39 is 5.97 Å². The first kappa shape index (κ1) is 10.5. The fourth-order valence-corrected chi connectivity index (χ4v) is 0.933. The molecule has 0 aliphatic rings. The third-order valence-electron chi connectivity index (χ3n) is 1.56. The standard InChI is InChI=1S/C9H11NO4/c11-9(12)7-2-1-3-8(6-7)14-5-4-10-13/h1-3,6,10,13H,4-5H2,(H,11,12). The van der Waals surface area contributed by atoms with Gasteiger partial charge in [0.05, 0.1) is 12.1 Å². The van der Waals surface area contributed by atoms with Crippen LogP contribution in [0.5, 0.6) is 5.75 Å². The van der Waals surface area contributed by atoms with E-state index in [1.54, 1.807) is 12.1 Å². The largest absolute Gasteiger partial charge is 0.492 e. The van der Waals surface area contributed by atoms with Crippen molar-refractivity contribution in [1.29, 1.82) is 0 Å². The Hall–Kier alpha value is -1.59. The number of carboxylic acid groups (broad SMARTS) is 1. The van der Waals surface area contributed by atoms with Gasteiger partial charge in [0.15, 0.2) is 0 Å². The van der Waals surface area contributed by atoms with Crippen molar-refractivity contribution in [2.45, 2.75) is 0 Å². The van der Waals surface area contributed by atoms with Crippen LogP contribution in [0.1, 0.15) is 10.4 Å². The second-order valence-corrected chi connectivity index (χ2v) is 2.59. The minimum absolute atomic E-state index is 0.180. The number of aromatic carboxylic acids is 1. The molecule has 76 valence electrons. The lowest BCUT2D eigenvalue weighted by Gasteiger charge is -2.05. The van der Waals surface area contributed by atoms with E-state index >= 15 is 0 Å². The molecule has 0 aliphatic heterocycles. The Bertz CT molecular complexity index is 313. The number of benzene rings is 1. The lowest BCUT2D eigenvalue weighted by molar-refractivity contribution is 0.0696. The Morgan fingerprint density at radius 1 is 1.50 bits per heavy atom. The molecule has 1 aromatic carbocycles. The zero-order valence-electron chi connectivity index (χ0n) is 7.43. The summed E-state index contributed by atoms with van der Waals surface area (Å²) in [6.07, 6.45) is 0. The van der Waals surface area contributed by atoms with Gasteiger partial charge >= 0.3 is 5.97 Å². The summed E-state index contributed by atoms with van der Waals surface area (Å²) in [4.78, 5) is 10.6. The van der Waals surface area contributed by atoms with Crippen molar-refractivity contribution in [3.63, 3.8) is 0 Å². The highest BCUT2D eigenvalue weighted by atomic mass is 16.5. The quantitative estimate of drug-likeness (QED) is 0.479. The maximum atomic E-state index is 10.6. The van der Waals surface area contributed by atoms with Gasteiger partial charge < -0.3 is 15.1 Å². The van der Waals surface area contributed by atoms with Crippen molar-refractivity contribution in [1.82, 2.24) is 5.48 Å². The van der Waals surface area contributed by atoms with E-state index in [1.807, 2.05) is 5.48 Å². The third kappa shape index (κ3) is 3.04. The first-order valence-corrected chi connectivity index (χ1v) is 4.07. The number of hydrogen-bond donors (Lipinski definition) is 3. The molecule has 0 unspecified atom stereocenters. The van der Waals surface area contributed by atoms with Crippen molar-refractivity contribution in [2.24, 2.45) is 0 Å². The van der Waals surface area contributed by atoms with E-state index in [9.17, 15) is 4.79 Å².